The zero-order valence-electron chi connectivity index (χ0n) is 87.3. The van der Waals surface area contributed by atoms with E-state index in [4.69, 9.17) is 46.4 Å². The number of nitrogens with zero attached hydrogens (tertiary/aromatic N) is 13. The van der Waals surface area contributed by atoms with Crippen molar-refractivity contribution in [3.8, 4) is 92.0 Å². The van der Waals surface area contributed by atoms with Gasteiger partial charge in [0.05, 0.1) is 135 Å². The van der Waals surface area contributed by atoms with Gasteiger partial charge in [-0.3, -0.25) is 86.8 Å². The average Bonchev–Trinajstić information content (AvgIpc) is 0.746. The third-order valence-corrected chi connectivity index (χ3v) is 24.4. The molecule has 0 amide bonds. The largest absolute Gasteiger partial charge is 0.504 e. The molecule has 0 saturated heterocycles. The molecule has 0 atom stereocenters. The molecule has 48 heteroatoms. The fraction of sp³-hybridized carbons (Fsp3) is 0.373. The van der Waals surface area contributed by atoms with Crippen molar-refractivity contribution in [2.24, 2.45) is 14.1 Å². The van der Waals surface area contributed by atoms with Crippen molar-refractivity contribution < 1.29 is 81.7 Å². The normalized spacial score (nSPS) is 12.0. The molecule has 0 aliphatic rings. The lowest BCUT2D eigenvalue weighted by molar-refractivity contribution is 0.290. The molecule has 8 heterocycles. The van der Waals surface area contributed by atoms with Crippen molar-refractivity contribution >= 4 is 133 Å². The summed E-state index contributed by atoms with van der Waals surface area (Å²) in [6, 6.07) is 14.2. The number of H-pyrrole nitrogens is 3. The van der Waals surface area contributed by atoms with E-state index in [2.05, 4.69) is 35.6 Å². The Morgan fingerprint density at radius 3 is 1.05 bits per heavy atom. The van der Waals surface area contributed by atoms with Crippen molar-refractivity contribution in [2.75, 3.05) is 0 Å². The maximum atomic E-state index is 12.6. The lowest BCUT2D eigenvalue weighted by Crippen LogP contribution is -2.45. The number of aromatic nitrogens is 16. The van der Waals surface area contributed by atoms with E-state index in [1.165, 1.54) is 84.8 Å². The van der Waals surface area contributed by atoms with Gasteiger partial charge in [0.25, 0.3) is 50.0 Å². The molecule has 804 valence electrons. The van der Waals surface area contributed by atoms with Crippen molar-refractivity contribution in [2.45, 2.75) is 237 Å². The van der Waals surface area contributed by atoms with Crippen LogP contribution in [0.25, 0.3) is 86.7 Å². The summed E-state index contributed by atoms with van der Waals surface area (Å²) in [5.41, 5.74) is -6.29. The smallest absolute Gasteiger partial charge is 0.275 e. The van der Waals surface area contributed by atoms with Gasteiger partial charge in [0.1, 0.15) is 17.1 Å². The summed E-state index contributed by atoms with van der Waals surface area (Å²) in [5, 5.41) is 173. The van der Waals surface area contributed by atoms with Gasteiger partial charge in [0.2, 0.25) is 16.3 Å². The minimum absolute atomic E-state index is 0.0294. The molecule has 0 radical (unpaired) electrons. The van der Waals surface area contributed by atoms with Crippen LogP contribution in [-0.2, 0) is 71.1 Å². The highest BCUT2D eigenvalue weighted by Crippen LogP contribution is 2.43. The Balaban J connectivity index is 0.000000190. The Labute approximate surface area is 870 Å². The van der Waals surface area contributed by atoms with Gasteiger partial charge in [-0.25, -0.2) is 33.1 Å². The van der Waals surface area contributed by atoms with Crippen LogP contribution in [0, 0.1) is 0 Å². The SMILES string of the molecule is CC(C)(C)c1n[nH]c2cc(O)c(O)c(Cl)c2c1=O.CC(C)(C)n1[nH]c(=O)c2cc(O)c(O)c(Cl)c2c1=O.CC(C)(C)n1[nH]c(=O)c2cc(O)c(O)cc2c1=O.CC(C)(C)n1cnc2cc(O)c(O)cc2c1=O.CCn1nc(C(C)(C)C)c(=O)c2c(Cl)c(O)c(O)cc21.CCn1nc(C(C)(C)C)c(=O)c2cc(O)c(O)cc21.Cn1c(=O)c2cc(O)c(O)c(Cl)c2c(=O)n1C(C)(C)C.Cn1c(=O)c2cc(O)c(O)cc2c(=O)n1C(C)(C)C. The molecule has 16 aromatic rings. The van der Waals surface area contributed by atoms with E-state index < -0.39 is 135 Å². The second-order valence-electron chi connectivity index (χ2n) is 42.9. The maximum absolute atomic E-state index is 12.6. The van der Waals surface area contributed by atoms with Gasteiger partial charge < -0.3 is 81.7 Å². The second kappa shape index (κ2) is 42.3. The van der Waals surface area contributed by atoms with Gasteiger partial charge in [-0.15, -0.1) is 0 Å². The van der Waals surface area contributed by atoms with E-state index in [1.807, 2.05) is 96.9 Å². The number of phenols is 16. The molecule has 16 rings (SSSR count). The van der Waals surface area contributed by atoms with Crippen LogP contribution >= 0.6 is 46.4 Å². The fourth-order valence-corrected chi connectivity index (χ4v) is 16.6. The third kappa shape index (κ3) is 23.6. The third-order valence-electron chi connectivity index (χ3n) is 23.0. The van der Waals surface area contributed by atoms with Gasteiger partial charge in [0.15, 0.2) is 92.0 Å². The second-order valence-corrected chi connectivity index (χ2v) is 44.4. The molecule has 0 aliphatic carbocycles. The highest BCUT2D eigenvalue weighted by molar-refractivity contribution is 6.38. The first-order valence-electron chi connectivity index (χ1n) is 45.9. The van der Waals surface area contributed by atoms with Crippen LogP contribution in [0.5, 0.6) is 92.0 Å². The molecule has 44 nitrogen and oxygen atoms in total. The quantitative estimate of drug-likeness (QED) is 0.0715. The number of halogens is 4. The zero-order valence-corrected chi connectivity index (χ0v) is 90.3. The fourth-order valence-electron chi connectivity index (χ4n) is 15.5. The molecule has 0 spiro atoms. The number of hydrogen-bond donors (Lipinski definition) is 19. The summed E-state index contributed by atoms with van der Waals surface area (Å²) >= 11 is 23.7. The van der Waals surface area contributed by atoms with E-state index >= 15 is 0 Å². The van der Waals surface area contributed by atoms with Gasteiger partial charge in [-0.05, 0) is 166 Å². The molecule has 0 aliphatic heterocycles. The Morgan fingerprint density at radius 2 is 0.613 bits per heavy atom. The number of aromatic hydroxyl groups is 16. The summed E-state index contributed by atoms with van der Waals surface area (Å²) in [6.45, 7) is 48.8. The van der Waals surface area contributed by atoms with Crippen LogP contribution in [0.3, 0.4) is 0 Å². The van der Waals surface area contributed by atoms with Gasteiger partial charge >= 0.3 is 0 Å². The number of aromatic amines is 3. The standard InChI is InChI=1S/C14H17ClN2O3.C14H18N2O3.C13H15ClN2O4.C13H16N2O4.C12H13ClN2O4.C12H13ClN2O3.C12H14N2O4.C12H14N2O3/c1-5-17-7-6-8(18)11(19)10(15)9(7)12(20)13(16-17)14(2,3)4;1-5-16-9-7-11(18)10(17)6-8(9)12(19)13(15-16)14(2,3)4;1-13(2,3)16-12(20)8-6(11(19)15(16)4)5-7(17)10(18)9(8)14;1-13(2,3)15-12(19)8-6-10(17)9(16)5-7(8)11(18)14(15)4;1-12(2,3)15-11(19)7-5(10(18)14-15)4-6(16)9(17)8(7)13;1-12(2,3)11-10(18)7-5(14-15-11)4-6(16)9(17)8(7)13;1-12(2,3)14-11(18)7-5-9(16)8(15)4-6(7)10(17)13-14;1-12(2,3)14-6-13-8-5-10(16)9(15)4-7(8)11(14)17/h6,18-19H,5H2,1-4H3;6-7,17-18H,5H2,1-4H3;5,17-18H,1-4H3;5-6,16-17H,1-4H3;4,16-17H,1-3H3,(H,14,18);4,16-17H,1-3H3,(H,14,18);4-5,15-16H,1-3H3,(H,13,17);4-6,15-16H,1-3H3. The highest BCUT2D eigenvalue weighted by Gasteiger charge is 2.33. The molecule has 19 N–H and O–H groups in total. The summed E-state index contributed by atoms with van der Waals surface area (Å²) in [6.07, 6.45) is 1.45. The van der Waals surface area contributed by atoms with Crippen molar-refractivity contribution in [3.63, 3.8) is 0 Å². The van der Waals surface area contributed by atoms with Gasteiger partial charge in [0, 0.05) is 73.2 Å². The number of nitrogens with one attached hydrogen (secondary N) is 3. The zero-order chi connectivity index (χ0) is 114. The van der Waals surface area contributed by atoms with E-state index in [0.29, 0.717) is 52.1 Å². The monoisotopic (exact) mass is 2160 g/mol. The number of aryl methyl sites for hydroxylation is 2. The minimum Gasteiger partial charge on any atom is -0.504 e. The molecule has 0 fully saturated rings. The summed E-state index contributed by atoms with van der Waals surface area (Å²) in [4.78, 5) is 151. The topological polar surface area (TPSA) is 672 Å². The lowest BCUT2D eigenvalue weighted by atomic mass is 9.91. The Hall–Kier alpha value is -16.0. The van der Waals surface area contributed by atoms with Crippen LogP contribution in [-0.4, -0.2) is 159 Å². The van der Waals surface area contributed by atoms with Crippen LogP contribution in [0.4, 0.5) is 0 Å². The number of phenolic OH excluding ortho intramolecular Hbond substituents is 16. The first-order valence-corrected chi connectivity index (χ1v) is 47.4. The molecule has 0 bridgehead atoms. The lowest BCUT2D eigenvalue weighted by Gasteiger charge is -2.26. The van der Waals surface area contributed by atoms with Crippen molar-refractivity contribution in [1.29, 1.82) is 0 Å². The highest BCUT2D eigenvalue weighted by atomic mass is 35.5. The maximum Gasteiger partial charge on any atom is 0.275 e. The number of rotatable bonds is 2. The molecule has 0 saturated carbocycles. The number of benzene rings is 8. The Morgan fingerprint density at radius 1 is 0.293 bits per heavy atom. The van der Waals surface area contributed by atoms with Crippen LogP contribution in [0.2, 0.25) is 20.1 Å². The van der Waals surface area contributed by atoms with Gasteiger partial charge in [-0.1, -0.05) is 109 Å². The average molecular weight is 2160 g/mol. The molecule has 8 aromatic heterocycles. The van der Waals surface area contributed by atoms with Crippen LogP contribution < -0.4 is 66.3 Å². The first kappa shape index (κ1) is 118. The molecule has 8 aromatic carbocycles. The van der Waals surface area contributed by atoms with Crippen LogP contribution in [0.1, 0.15) is 197 Å². The molecular formula is C102H120Cl4N16O28. The molecule has 150 heavy (non-hydrogen) atoms. The van der Waals surface area contributed by atoms with Crippen molar-refractivity contribution in [3.05, 3.63) is 240 Å². The van der Waals surface area contributed by atoms with Crippen molar-refractivity contribution in [1.82, 2.24) is 77.6 Å². The molecular weight excluding hydrogens is 2040 g/mol. The summed E-state index contributed by atoms with van der Waals surface area (Å²) in [5.74, 6) is -6.87. The predicted molar refractivity (Wildman–Crippen MR) is 574 cm³/mol. The minimum atomic E-state index is -0.652. The molecule has 0 unspecified atom stereocenters. The van der Waals surface area contributed by atoms with E-state index in [9.17, 15) is 139 Å². The van der Waals surface area contributed by atoms with E-state index in [0.717, 1.165) is 41.1 Å². The summed E-state index contributed by atoms with van der Waals surface area (Å²) < 4.78 is 12.1. The van der Waals surface area contributed by atoms with E-state index in [-0.39, 0.29) is 152 Å². The Bertz CT molecular complexity index is 8980. The predicted octanol–water partition coefficient (Wildman–Crippen LogP) is 13.5. The number of fused-ring (bicyclic) bond motifs is 8. The van der Waals surface area contributed by atoms with Crippen LogP contribution in [0.15, 0.2) is 137 Å². The van der Waals surface area contributed by atoms with E-state index in [1.54, 1.807) is 92.4 Å². The summed E-state index contributed by atoms with van der Waals surface area (Å²) in [7, 11) is 2.96. The first-order chi connectivity index (χ1) is 68.5. The van der Waals surface area contributed by atoms with Gasteiger partial charge in [-0.2, -0.15) is 15.3 Å². The Kier molecular flexibility index (Phi) is 33.2. The number of hydrogen-bond acceptors (Lipinski definition) is 32.